The van der Waals surface area contributed by atoms with Crippen molar-refractivity contribution in [2.75, 3.05) is 11.9 Å². The highest BCUT2D eigenvalue weighted by Crippen LogP contribution is 2.18. The maximum atomic E-state index is 10.5. The average molecular weight is 263 g/mol. The monoisotopic (exact) mass is 263 g/mol. The van der Waals surface area contributed by atoms with Crippen LogP contribution in [0.3, 0.4) is 0 Å². The van der Waals surface area contributed by atoms with Crippen LogP contribution in [0.4, 0.5) is 11.5 Å². The second kappa shape index (κ2) is 6.90. The Morgan fingerprint density at radius 2 is 2.32 bits per heavy atom. The van der Waals surface area contributed by atoms with Crippen LogP contribution in [0.2, 0.25) is 0 Å². The molecule has 100 valence electrons. The Morgan fingerprint density at radius 3 is 2.89 bits per heavy atom. The molecule has 0 bridgehead atoms. The van der Waals surface area contributed by atoms with E-state index in [-0.39, 0.29) is 17.2 Å². The van der Waals surface area contributed by atoms with Crippen LogP contribution in [-0.4, -0.2) is 22.4 Å². The summed E-state index contributed by atoms with van der Waals surface area (Å²) in [5.74, 6) is -0.0571. The van der Waals surface area contributed by atoms with E-state index in [1.54, 1.807) is 0 Å². The van der Waals surface area contributed by atoms with Crippen molar-refractivity contribution in [2.24, 2.45) is 5.73 Å². The van der Waals surface area contributed by atoms with Crippen molar-refractivity contribution < 1.29 is 9.72 Å². The molecule has 8 nitrogen and oxygen atoms in total. The largest absolute Gasteiger partial charge is 0.370 e. The van der Waals surface area contributed by atoms with Crippen molar-refractivity contribution >= 4 is 17.4 Å². The highest BCUT2D eigenvalue weighted by molar-refractivity contribution is 5.73. The Morgan fingerprint density at radius 1 is 1.58 bits per heavy atom. The normalized spacial score (nSPS) is 9.63. The number of pyridine rings is 1. The minimum atomic E-state index is -0.607. The number of aromatic nitrogens is 1. The Labute approximate surface area is 109 Å². The molecule has 0 aliphatic carbocycles. The van der Waals surface area contributed by atoms with E-state index < -0.39 is 4.92 Å². The summed E-state index contributed by atoms with van der Waals surface area (Å²) in [6.45, 7) is 0.507. The lowest BCUT2D eigenvalue weighted by Crippen LogP contribution is -2.11. The topological polar surface area (TPSA) is 135 Å². The lowest BCUT2D eigenvalue weighted by molar-refractivity contribution is -0.385. The molecule has 0 aliphatic heterocycles. The van der Waals surface area contributed by atoms with Crippen LogP contribution in [0, 0.1) is 21.4 Å². The molecule has 0 spiro atoms. The molecule has 0 saturated heterocycles. The predicted molar refractivity (Wildman–Crippen MR) is 67.1 cm³/mol. The molecule has 3 N–H and O–H groups in total. The van der Waals surface area contributed by atoms with Gasteiger partial charge in [-0.1, -0.05) is 0 Å². The summed E-state index contributed by atoms with van der Waals surface area (Å²) in [6, 6.07) is 3.01. The van der Waals surface area contributed by atoms with E-state index >= 15 is 0 Å². The molecular formula is C11H13N5O3. The van der Waals surface area contributed by atoms with Crippen molar-refractivity contribution in [2.45, 2.75) is 19.3 Å². The third-order valence-corrected chi connectivity index (χ3v) is 2.35. The number of primary amides is 1. The molecule has 1 amide bonds. The maximum Gasteiger partial charge on any atom is 0.289 e. The number of carbonyl (C=O) groups excluding carboxylic acids is 1. The fraction of sp³-hybridized carbons (Fsp3) is 0.364. The van der Waals surface area contributed by atoms with Gasteiger partial charge in [0.2, 0.25) is 5.91 Å². The number of nitrogens with two attached hydrogens (primary N) is 1. The van der Waals surface area contributed by atoms with Crippen LogP contribution >= 0.6 is 0 Å². The minimum Gasteiger partial charge on any atom is -0.370 e. The van der Waals surface area contributed by atoms with Gasteiger partial charge in [-0.25, -0.2) is 4.98 Å². The van der Waals surface area contributed by atoms with Crippen LogP contribution < -0.4 is 11.1 Å². The van der Waals surface area contributed by atoms with Gasteiger partial charge in [0, 0.05) is 19.0 Å². The summed E-state index contributed by atoms with van der Waals surface area (Å²) in [5.41, 5.74) is 4.89. The molecular weight excluding hydrogens is 250 g/mol. The molecule has 19 heavy (non-hydrogen) atoms. The predicted octanol–water partition coefficient (Wildman–Crippen LogP) is 0.929. The second-order valence-electron chi connectivity index (χ2n) is 3.81. The van der Waals surface area contributed by atoms with E-state index in [1.165, 1.54) is 6.07 Å². The van der Waals surface area contributed by atoms with E-state index in [2.05, 4.69) is 10.3 Å². The van der Waals surface area contributed by atoms with Crippen molar-refractivity contribution in [3.05, 3.63) is 27.9 Å². The van der Waals surface area contributed by atoms with Gasteiger partial charge in [-0.05, 0) is 12.8 Å². The van der Waals surface area contributed by atoms with E-state index in [0.717, 1.165) is 6.20 Å². The van der Waals surface area contributed by atoms with Gasteiger partial charge in [0.05, 0.1) is 4.92 Å². The number of nitriles is 1. The summed E-state index contributed by atoms with van der Waals surface area (Å²) in [7, 11) is 0. The van der Waals surface area contributed by atoms with Crippen LogP contribution in [-0.2, 0) is 4.79 Å². The summed E-state index contributed by atoms with van der Waals surface area (Å²) >= 11 is 0. The number of hydrogen-bond acceptors (Lipinski definition) is 6. The maximum absolute atomic E-state index is 10.5. The van der Waals surface area contributed by atoms with Gasteiger partial charge in [0.25, 0.3) is 5.69 Å². The zero-order valence-corrected chi connectivity index (χ0v) is 10.1. The average Bonchev–Trinajstić information content (AvgIpc) is 2.37. The fourth-order valence-corrected chi connectivity index (χ4v) is 1.41. The number of amides is 1. The summed E-state index contributed by atoms with van der Waals surface area (Å²) < 4.78 is 0. The molecule has 0 aliphatic rings. The standard InChI is InChI=1S/C11H13N5O3/c12-6-8-5-9(16(18)19)7-15-11(8)14-4-2-1-3-10(13)17/h5,7H,1-4H2,(H2,13,17)(H,14,15). The molecule has 1 aromatic heterocycles. The molecule has 0 saturated carbocycles. The summed E-state index contributed by atoms with van der Waals surface area (Å²) in [4.78, 5) is 24.3. The number of unbranched alkanes of at least 4 members (excludes halogenated alkanes) is 1. The Bertz CT molecular complexity index is 524. The minimum absolute atomic E-state index is 0.115. The number of rotatable bonds is 7. The first-order valence-electron chi connectivity index (χ1n) is 5.61. The van der Waals surface area contributed by atoms with Gasteiger partial charge in [-0.3, -0.25) is 14.9 Å². The number of carbonyl (C=O) groups is 1. The zero-order chi connectivity index (χ0) is 14.3. The Balaban J connectivity index is 2.57. The van der Waals surface area contributed by atoms with Crippen LogP contribution in [0.1, 0.15) is 24.8 Å². The number of nitro groups is 1. The van der Waals surface area contributed by atoms with Crippen LogP contribution in [0.5, 0.6) is 0 Å². The highest BCUT2D eigenvalue weighted by Gasteiger charge is 2.11. The first kappa shape index (κ1) is 14.4. The lowest BCUT2D eigenvalue weighted by Gasteiger charge is -2.06. The smallest absolute Gasteiger partial charge is 0.289 e. The first-order valence-corrected chi connectivity index (χ1v) is 5.61. The van der Waals surface area contributed by atoms with E-state index in [4.69, 9.17) is 11.0 Å². The zero-order valence-electron chi connectivity index (χ0n) is 10.1. The molecule has 1 rings (SSSR count). The number of nitrogens with zero attached hydrogens (tertiary/aromatic N) is 3. The fourth-order valence-electron chi connectivity index (χ4n) is 1.41. The molecule has 0 radical (unpaired) electrons. The highest BCUT2D eigenvalue weighted by atomic mass is 16.6. The Hall–Kier alpha value is -2.69. The second-order valence-corrected chi connectivity index (χ2v) is 3.81. The molecule has 1 heterocycles. The van der Waals surface area contributed by atoms with Crippen molar-refractivity contribution in [3.8, 4) is 6.07 Å². The molecule has 8 heteroatoms. The van der Waals surface area contributed by atoms with Gasteiger partial charge in [-0.2, -0.15) is 5.26 Å². The number of nitrogens with one attached hydrogen (secondary N) is 1. The van der Waals surface area contributed by atoms with Gasteiger partial charge in [-0.15, -0.1) is 0 Å². The van der Waals surface area contributed by atoms with Gasteiger partial charge >= 0.3 is 0 Å². The molecule has 0 unspecified atom stereocenters. The molecule has 1 aromatic rings. The Kier molecular flexibility index (Phi) is 5.22. The number of hydrogen-bond donors (Lipinski definition) is 2. The van der Waals surface area contributed by atoms with Gasteiger partial charge in [0.15, 0.2) is 0 Å². The van der Waals surface area contributed by atoms with E-state index in [1.807, 2.05) is 6.07 Å². The molecule has 0 fully saturated rings. The third kappa shape index (κ3) is 4.59. The number of anilines is 1. The van der Waals surface area contributed by atoms with Crippen molar-refractivity contribution in [1.82, 2.24) is 4.98 Å². The summed E-state index contributed by atoms with van der Waals surface area (Å²) in [5, 5.41) is 22.3. The van der Waals surface area contributed by atoms with Gasteiger partial charge < -0.3 is 11.1 Å². The van der Waals surface area contributed by atoms with Crippen LogP contribution in [0.15, 0.2) is 12.3 Å². The lowest BCUT2D eigenvalue weighted by atomic mass is 10.2. The van der Waals surface area contributed by atoms with Crippen LogP contribution in [0.25, 0.3) is 0 Å². The first-order chi connectivity index (χ1) is 9.04. The summed E-state index contributed by atoms with van der Waals surface area (Å²) in [6.07, 6.45) is 2.72. The quantitative estimate of drug-likeness (QED) is 0.426. The van der Waals surface area contributed by atoms with Gasteiger partial charge in [0.1, 0.15) is 23.6 Å². The van der Waals surface area contributed by atoms with Crippen molar-refractivity contribution in [1.29, 1.82) is 5.26 Å². The molecule has 0 aromatic carbocycles. The molecule has 0 atom stereocenters. The van der Waals surface area contributed by atoms with E-state index in [0.29, 0.717) is 31.6 Å². The van der Waals surface area contributed by atoms with E-state index in [9.17, 15) is 14.9 Å². The third-order valence-electron chi connectivity index (χ3n) is 2.35. The van der Waals surface area contributed by atoms with Crippen molar-refractivity contribution in [3.63, 3.8) is 0 Å². The SMILES string of the molecule is N#Cc1cc([N+](=O)[O-])cnc1NCCCCC(N)=O.